The Kier molecular flexibility index (Phi) is 6.60. The van der Waals surface area contributed by atoms with Crippen LogP contribution in [0.5, 0.6) is 0 Å². The van der Waals surface area contributed by atoms with Crippen LogP contribution in [0.15, 0.2) is 29.4 Å². The standard InChI is InChI=1S/C18H28N2O/c1-6-8-9-16(7-2)19-20-17(21)14-10-12-15(13-11-14)18(3,4)5/h10-13H,6-9H2,1-5H3,(H,20,21)/b19-16+. The molecule has 0 fully saturated rings. The van der Waals surface area contributed by atoms with Gasteiger partial charge in [-0.05, 0) is 42.4 Å². The molecule has 0 saturated heterocycles. The van der Waals surface area contributed by atoms with E-state index in [1.165, 1.54) is 5.56 Å². The molecule has 0 saturated carbocycles. The zero-order valence-corrected chi connectivity index (χ0v) is 14.0. The molecule has 0 unspecified atom stereocenters. The number of carbonyl (C=O) groups is 1. The highest BCUT2D eigenvalue weighted by molar-refractivity contribution is 5.95. The lowest BCUT2D eigenvalue weighted by Crippen LogP contribution is -2.20. The van der Waals surface area contributed by atoms with Crippen LogP contribution in [0.25, 0.3) is 0 Å². The molecule has 0 heterocycles. The van der Waals surface area contributed by atoms with E-state index in [-0.39, 0.29) is 11.3 Å². The van der Waals surface area contributed by atoms with Gasteiger partial charge < -0.3 is 0 Å². The van der Waals surface area contributed by atoms with E-state index in [4.69, 9.17) is 0 Å². The second kappa shape index (κ2) is 7.96. The lowest BCUT2D eigenvalue weighted by Gasteiger charge is -2.18. The smallest absolute Gasteiger partial charge is 0.267 e. The van der Waals surface area contributed by atoms with Gasteiger partial charge in [0.15, 0.2) is 0 Å². The van der Waals surface area contributed by atoms with Gasteiger partial charge >= 0.3 is 0 Å². The minimum atomic E-state index is -0.141. The van der Waals surface area contributed by atoms with Crippen LogP contribution in [0.2, 0.25) is 0 Å². The van der Waals surface area contributed by atoms with Crippen molar-refractivity contribution in [2.75, 3.05) is 0 Å². The Labute approximate surface area is 128 Å². The Morgan fingerprint density at radius 1 is 1.14 bits per heavy atom. The number of nitrogens with one attached hydrogen (secondary N) is 1. The third-order valence-electron chi connectivity index (χ3n) is 3.56. The Hall–Kier alpha value is -1.64. The number of benzene rings is 1. The van der Waals surface area contributed by atoms with Crippen LogP contribution in [0, 0.1) is 0 Å². The largest absolute Gasteiger partial charge is 0.271 e. The molecule has 116 valence electrons. The molecule has 3 nitrogen and oxygen atoms in total. The van der Waals surface area contributed by atoms with Gasteiger partial charge in [-0.1, -0.05) is 53.2 Å². The monoisotopic (exact) mass is 288 g/mol. The van der Waals surface area contributed by atoms with Crippen molar-refractivity contribution in [3.05, 3.63) is 35.4 Å². The summed E-state index contributed by atoms with van der Waals surface area (Å²) >= 11 is 0. The number of amides is 1. The maximum atomic E-state index is 12.1. The topological polar surface area (TPSA) is 41.5 Å². The number of carbonyl (C=O) groups excluding carboxylic acids is 1. The maximum Gasteiger partial charge on any atom is 0.271 e. The third-order valence-corrected chi connectivity index (χ3v) is 3.56. The van der Waals surface area contributed by atoms with Gasteiger partial charge in [0.25, 0.3) is 5.91 Å². The molecule has 0 aliphatic carbocycles. The fourth-order valence-electron chi connectivity index (χ4n) is 2.01. The fraction of sp³-hybridized carbons (Fsp3) is 0.556. The van der Waals surface area contributed by atoms with Crippen molar-refractivity contribution in [2.45, 2.75) is 65.7 Å². The molecule has 1 rings (SSSR count). The molecule has 3 heteroatoms. The SMILES string of the molecule is CCCC/C(CC)=N/NC(=O)c1ccc(C(C)(C)C)cc1. The number of unbranched alkanes of at least 4 members (excludes halogenated alkanes) is 1. The summed E-state index contributed by atoms with van der Waals surface area (Å²) in [6.45, 7) is 10.7. The van der Waals surface area contributed by atoms with Gasteiger partial charge in [-0.25, -0.2) is 5.43 Å². The van der Waals surface area contributed by atoms with E-state index in [0.29, 0.717) is 5.56 Å². The highest BCUT2D eigenvalue weighted by atomic mass is 16.2. The predicted octanol–water partition coefficient (Wildman–Crippen LogP) is 4.67. The molecule has 0 atom stereocenters. The van der Waals surface area contributed by atoms with Crippen molar-refractivity contribution in [1.29, 1.82) is 0 Å². The summed E-state index contributed by atoms with van der Waals surface area (Å²) in [6, 6.07) is 7.75. The van der Waals surface area contributed by atoms with Gasteiger partial charge in [0.1, 0.15) is 0 Å². The number of hydrogen-bond donors (Lipinski definition) is 1. The molecule has 0 aliphatic heterocycles. The van der Waals surface area contributed by atoms with Crippen molar-refractivity contribution >= 4 is 11.6 Å². The van der Waals surface area contributed by atoms with Crippen molar-refractivity contribution in [2.24, 2.45) is 5.10 Å². The molecule has 21 heavy (non-hydrogen) atoms. The first-order valence-corrected chi connectivity index (χ1v) is 7.84. The minimum Gasteiger partial charge on any atom is -0.267 e. The Balaban J connectivity index is 2.69. The molecular weight excluding hydrogens is 260 g/mol. The normalized spacial score (nSPS) is 12.3. The lowest BCUT2D eigenvalue weighted by atomic mass is 9.87. The summed E-state index contributed by atoms with van der Waals surface area (Å²) in [5.41, 5.74) is 5.69. The molecule has 1 amide bonds. The van der Waals surface area contributed by atoms with Crippen LogP contribution < -0.4 is 5.43 Å². The van der Waals surface area contributed by atoms with Crippen LogP contribution in [0.3, 0.4) is 0 Å². The molecule has 1 aromatic carbocycles. The van der Waals surface area contributed by atoms with Crippen molar-refractivity contribution in [3.63, 3.8) is 0 Å². The summed E-state index contributed by atoms with van der Waals surface area (Å²) < 4.78 is 0. The Bertz CT molecular complexity index is 481. The van der Waals surface area contributed by atoms with Crippen LogP contribution in [-0.2, 0) is 5.41 Å². The van der Waals surface area contributed by atoms with E-state index in [2.05, 4.69) is 45.1 Å². The van der Waals surface area contributed by atoms with Gasteiger partial charge in [0.05, 0.1) is 0 Å². The average Bonchev–Trinajstić information content (AvgIpc) is 2.46. The Morgan fingerprint density at radius 2 is 1.76 bits per heavy atom. The van der Waals surface area contributed by atoms with E-state index >= 15 is 0 Å². The number of nitrogens with zero attached hydrogens (tertiary/aromatic N) is 1. The summed E-state index contributed by atoms with van der Waals surface area (Å²) in [5.74, 6) is -0.141. The van der Waals surface area contributed by atoms with E-state index < -0.39 is 0 Å². The first kappa shape index (κ1) is 17.4. The van der Waals surface area contributed by atoms with Crippen molar-refractivity contribution in [3.8, 4) is 0 Å². The average molecular weight is 288 g/mol. The summed E-state index contributed by atoms with van der Waals surface area (Å²) in [6.07, 6.45) is 4.09. The minimum absolute atomic E-state index is 0.0999. The summed E-state index contributed by atoms with van der Waals surface area (Å²) in [4.78, 5) is 12.1. The molecule has 1 N–H and O–H groups in total. The summed E-state index contributed by atoms with van der Waals surface area (Å²) in [5, 5.41) is 4.24. The first-order chi connectivity index (χ1) is 9.88. The van der Waals surface area contributed by atoms with Crippen molar-refractivity contribution < 1.29 is 4.79 Å². The molecule has 0 radical (unpaired) electrons. The molecule has 0 aromatic heterocycles. The molecule has 0 bridgehead atoms. The van der Waals surface area contributed by atoms with E-state index in [1.807, 2.05) is 24.3 Å². The zero-order chi connectivity index (χ0) is 15.9. The van der Waals surface area contributed by atoms with E-state index in [0.717, 1.165) is 31.4 Å². The highest BCUT2D eigenvalue weighted by Crippen LogP contribution is 2.22. The molecule has 1 aromatic rings. The summed E-state index contributed by atoms with van der Waals surface area (Å²) in [7, 11) is 0. The van der Waals surface area contributed by atoms with Gasteiger partial charge in [0, 0.05) is 11.3 Å². The van der Waals surface area contributed by atoms with Gasteiger partial charge in [-0.3, -0.25) is 4.79 Å². The number of hydrazone groups is 1. The Morgan fingerprint density at radius 3 is 2.24 bits per heavy atom. The predicted molar refractivity (Wildman–Crippen MR) is 89.9 cm³/mol. The van der Waals surface area contributed by atoms with Crippen LogP contribution in [0.1, 0.15) is 76.2 Å². The van der Waals surface area contributed by atoms with Crippen molar-refractivity contribution in [1.82, 2.24) is 5.43 Å². The second-order valence-electron chi connectivity index (χ2n) is 6.40. The fourth-order valence-corrected chi connectivity index (χ4v) is 2.01. The molecular formula is C18H28N2O. The zero-order valence-electron chi connectivity index (χ0n) is 14.0. The molecule has 0 spiro atoms. The quantitative estimate of drug-likeness (QED) is 0.600. The van der Waals surface area contributed by atoms with Gasteiger partial charge in [0.2, 0.25) is 0 Å². The molecule has 0 aliphatic rings. The number of rotatable bonds is 6. The first-order valence-electron chi connectivity index (χ1n) is 7.84. The lowest BCUT2D eigenvalue weighted by molar-refractivity contribution is 0.0954. The third kappa shape index (κ3) is 5.70. The van der Waals surface area contributed by atoms with Crippen LogP contribution in [0.4, 0.5) is 0 Å². The van der Waals surface area contributed by atoms with E-state index in [1.54, 1.807) is 0 Å². The second-order valence-corrected chi connectivity index (χ2v) is 6.40. The maximum absolute atomic E-state index is 12.1. The van der Waals surface area contributed by atoms with Gasteiger partial charge in [-0.2, -0.15) is 5.10 Å². The van der Waals surface area contributed by atoms with E-state index in [9.17, 15) is 4.79 Å². The number of hydrogen-bond acceptors (Lipinski definition) is 2. The highest BCUT2D eigenvalue weighted by Gasteiger charge is 2.14. The van der Waals surface area contributed by atoms with Gasteiger partial charge in [-0.15, -0.1) is 0 Å². The van der Waals surface area contributed by atoms with Crippen LogP contribution >= 0.6 is 0 Å². The van der Waals surface area contributed by atoms with Crippen LogP contribution in [-0.4, -0.2) is 11.6 Å².